The summed E-state index contributed by atoms with van der Waals surface area (Å²) in [6.45, 7) is 1.96. The lowest BCUT2D eigenvalue weighted by Gasteiger charge is -2.24. The summed E-state index contributed by atoms with van der Waals surface area (Å²) in [6, 6.07) is 10.3. The maximum atomic E-state index is 13.6. The van der Waals surface area contributed by atoms with Crippen molar-refractivity contribution < 1.29 is 23.9 Å². The zero-order chi connectivity index (χ0) is 23.9. The second-order valence-electron chi connectivity index (χ2n) is 9.47. The second-order valence-corrected chi connectivity index (χ2v) is 9.47. The van der Waals surface area contributed by atoms with E-state index in [1.165, 1.54) is 0 Å². The summed E-state index contributed by atoms with van der Waals surface area (Å²) >= 11 is 0. The lowest BCUT2D eigenvalue weighted by atomic mass is 9.72. The number of hydrogen-bond donors (Lipinski definition) is 1. The number of pyridine rings is 1. The maximum absolute atomic E-state index is 13.6. The molecule has 1 saturated heterocycles. The van der Waals surface area contributed by atoms with Crippen molar-refractivity contribution in [2.45, 2.75) is 69.2 Å². The fraction of sp³-hybridized carbons (Fsp3) is 0.407. The van der Waals surface area contributed by atoms with Crippen molar-refractivity contribution in [2.24, 2.45) is 0 Å². The van der Waals surface area contributed by atoms with E-state index in [4.69, 9.17) is 15.2 Å². The van der Waals surface area contributed by atoms with Gasteiger partial charge in [0.15, 0.2) is 11.4 Å². The molecule has 1 aliphatic heterocycles. The molecular formula is C27H28N2O5. The Hall–Kier alpha value is -3.32. The van der Waals surface area contributed by atoms with Gasteiger partial charge in [0, 0.05) is 23.7 Å². The SMILES string of the molecule is CC(=CCC12OC1(C(=O)OC1CCCC1)C(=O)c1ccccc1C2=O)CCc1ccnc(N)c1. The molecule has 2 atom stereocenters. The number of carbonyl (C=O) groups is 3. The number of aromatic nitrogens is 1. The number of rotatable bonds is 7. The van der Waals surface area contributed by atoms with Crippen LogP contribution >= 0.6 is 0 Å². The van der Waals surface area contributed by atoms with E-state index in [2.05, 4.69) is 4.98 Å². The van der Waals surface area contributed by atoms with Gasteiger partial charge in [-0.05, 0) is 63.1 Å². The van der Waals surface area contributed by atoms with Crippen LogP contribution in [0.15, 0.2) is 54.2 Å². The van der Waals surface area contributed by atoms with Crippen molar-refractivity contribution in [3.05, 3.63) is 70.9 Å². The van der Waals surface area contributed by atoms with Gasteiger partial charge in [0.2, 0.25) is 5.78 Å². The Balaban J connectivity index is 1.40. The molecule has 2 unspecified atom stereocenters. The summed E-state index contributed by atoms with van der Waals surface area (Å²) in [7, 11) is 0. The molecule has 3 aliphatic rings. The molecule has 1 aromatic carbocycles. The molecule has 0 bridgehead atoms. The number of epoxide rings is 1. The number of benzene rings is 1. The standard InChI is InChI=1S/C27H28N2O5/c1-17(10-11-18-13-15-29-22(28)16-18)12-14-26-23(30)20-8-4-5-9-21(20)24(31)27(26,34-26)25(32)33-19-6-2-3-7-19/h4-5,8-9,12-13,15-16,19H,2-3,6-7,10-11,14H2,1H3,(H2,28,29). The number of Topliss-reactive ketones (excluding diaryl/α,β-unsaturated/α-hetero) is 2. The number of fused-ring (bicyclic) bond motifs is 2. The minimum absolute atomic E-state index is 0.135. The summed E-state index contributed by atoms with van der Waals surface area (Å²) in [5.41, 5.74) is 4.93. The Morgan fingerprint density at radius 1 is 1.18 bits per heavy atom. The van der Waals surface area contributed by atoms with Gasteiger partial charge in [-0.1, -0.05) is 35.9 Å². The smallest absolute Gasteiger partial charge is 0.350 e. The number of esters is 1. The number of carbonyl (C=O) groups excluding carboxylic acids is 3. The fourth-order valence-corrected chi connectivity index (χ4v) is 5.19. The average Bonchev–Trinajstić information content (AvgIpc) is 3.29. The second kappa shape index (κ2) is 8.47. The Morgan fingerprint density at radius 2 is 1.88 bits per heavy atom. The van der Waals surface area contributed by atoms with Gasteiger partial charge in [0.1, 0.15) is 11.9 Å². The molecule has 2 fully saturated rings. The van der Waals surface area contributed by atoms with Crippen LogP contribution in [-0.4, -0.2) is 39.8 Å². The van der Waals surface area contributed by atoms with Crippen LogP contribution < -0.4 is 5.73 Å². The van der Waals surface area contributed by atoms with Gasteiger partial charge < -0.3 is 15.2 Å². The quantitative estimate of drug-likeness (QED) is 0.288. The average molecular weight is 461 g/mol. The molecule has 1 aromatic heterocycles. The van der Waals surface area contributed by atoms with Gasteiger partial charge in [0.05, 0.1) is 0 Å². The van der Waals surface area contributed by atoms with E-state index in [0.717, 1.165) is 49.7 Å². The van der Waals surface area contributed by atoms with E-state index in [0.29, 0.717) is 11.4 Å². The van der Waals surface area contributed by atoms with E-state index >= 15 is 0 Å². The van der Waals surface area contributed by atoms with Crippen LogP contribution in [0, 0.1) is 0 Å². The number of nitrogens with zero attached hydrogens (tertiary/aromatic N) is 1. The molecule has 0 radical (unpaired) electrons. The van der Waals surface area contributed by atoms with Gasteiger partial charge in [-0.2, -0.15) is 0 Å². The monoisotopic (exact) mass is 460 g/mol. The molecule has 5 rings (SSSR count). The van der Waals surface area contributed by atoms with Crippen LogP contribution in [-0.2, 0) is 20.7 Å². The number of anilines is 1. The van der Waals surface area contributed by atoms with Crippen molar-refractivity contribution >= 4 is 23.4 Å². The minimum Gasteiger partial charge on any atom is -0.460 e. The van der Waals surface area contributed by atoms with Gasteiger partial charge in [-0.25, -0.2) is 9.78 Å². The molecular weight excluding hydrogens is 432 g/mol. The molecule has 7 nitrogen and oxygen atoms in total. The predicted octanol–water partition coefficient (Wildman–Crippen LogP) is 4.01. The highest BCUT2D eigenvalue weighted by molar-refractivity contribution is 6.32. The molecule has 0 amide bonds. The molecule has 0 spiro atoms. The van der Waals surface area contributed by atoms with Crippen LogP contribution in [0.25, 0.3) is 0 Å². The normalized spacial score (nSPS) is 26.2. The molecule has 176 valence electrons. The zero-order valence-corrected chi connectivity index (χ0v) is 19.2. The summed E-state index contributed by atoms with van der Waals surface area (Å²) in [5.74, 6) is -1.08. The molecule has 1 saturated carbocycles. The third-order valence-corrected chi connectivity index (χ3v) is 7.21. The van der Waals surface area contributed by atoms with Crippen molar-refractivity contribution in [1.82, 2.24) is 4.98 Å². The predicted molar refractivity (Wildman–Crippen MR) is 125 cm³/mol. The van der Waals surface area contributed by atoms with Gasteiger partial charge >= 0.3 is 5.97 Å². The van der Waals surface area contributed by atoms with Gasteiger partial charge in [0.25, 0.3) is 5.60 Å². The van der Waals surface area contributed by atoms with Crippen LogP contribution in [0.5, 0.6) is 0 Å². The first-order valence-corrected chi connectivity index (χ1v) is 11.8. The maximum Gasteiger partial charge on any atom is 0.350 e. The number of aryl methyl sites for hydroxylation is 1. The first-order chi connectivity index (χ1) is 16.4. The third-order valence-electron chi connectivity index (χ3n) is 7.21. The summed E-state index contributed by atoms with van der Waals surface area (Å²) < 4.78 is 11.6. The fourth-order valence-electron chi connectivity index (χ4n) is 5.19. The molecule has 34 heavy (non-hydrogen) atoms. The number of allylic oxidation sites excluding steroid dienone is 1. The number of ether oxygens (including phenoxy) is 2. The van der Waals surface area contributed by atoms with Crippen LogP contribution in [0.3, 0.4) is 0 Å². The summed E-state index contributed by atoms with van der Waals surface area (Å²) in [4.78, 5) is 44.4. The number of ketones is 2. The number of nitrogen functional groups attached to an aromatic ring is 1. The minimum atomic E-state index is -1.89. The lowest BCUT2D eigenvalue weighted by molar-refractivity contribution is -0.153. The van der Waals surface area contributed by atoms with Crippen molar-refractivity contribution in [1.29, 1.82) is 0 Å². The Kier molecular flexibility index (Phi) is 5.60. The van der Waals surface area contributed by atoms with Crippen LogP contribution in [0.1, 0.15) is 71.7 Å². The first-order valence-electron chi connectivity index (χ1n) is 11.8. The molecule has 7 heteroatoms. The van der Waals surface area contributed by atoms with Gasteiger partial charge in [-0.15, -0.1) is 0 Å². The Bertz CT molecular complexity index is 1200. The number of nitrogens with two attached hydrogens (primary N) is 1. The molecule has 2 aliphatic carbocycles. The topological polar surface area (TPSA) is 112 Å². The Labute approximate surface area is 198 Å². The summed E-state index contributed by atoms with van der Waals surface area (Å²) in [5, 5.41) is 0. The van der Waals surface area contributed by atoms with Crippen molar-refractivity contribution in [3.8, 4) is 0 Å². The van der Waals surface area contributed by atoms with E-state index in [1.807, 2.05) is 25.1 Å². The number of hydrogen-bond acceptors (Lipinski definition) is 7. The zero-order valence-electron chi connectivity index (χ0n) is 19.2. The van der Waals surface area contributed by atoms with E-state index in [1.54, 1.807) is 30.5 Å². The molecule has 2 heterocycles. The van der Waals surface area contributed by atoms with Gasteiger partial charge in [-0.3, -0.25) is 9.59 Å². The van der Waals surface area contributed by atoms with E-state index in [-0.39, 0.29) is 23.9 Å². The summed E-state index contributed by atoms with van der Waals surface area (Å²) in [6.07, 6.45) is 8.48. The largest absolute Gasteiger partial charge is 0.460 e. The first kappa shape index (κ1) is 22.5. The van der Waals surface area contributed by atoms with Crippen LogP contribution in [0.2, 0.25) is 0 Å². The lowest BCUT2D eigenvalue weighted by Crippen LogP contribution is -2.51. The Morgan fingerprint density at radius 3 is 2.59 bits per heavy atom. The van der Waals surface area contributed by atoms with E-state index < -0.39 is 23.0 Å². The molecule has 2 aromatic rings. The third kappa shape index (κ3) is 3.55. The van der Waals surface area contributed by atoms with E-state index in [9.17, 15) is 14.4 Å². The molecule has 2 N–H and O–H groups in total. The highest BCUT2D eigenvalue weighted by atomic mass is 16.7. The highest BCUT2D eigenvalue weighted by Gasteiger charge is 2.85. The van der Waals surface area contributed by atoms with Crippen LogP contribution in [0.4, 0.5) is 5.82 Å². The van der Waals surface area contributed by atoms with Crippen molar-refractivity contribution in [2.75, 3.05) is 5.73 Å². The van der Waals surface area contributed by atoms with Crippen molar-refractivity contribution in [3.63, 3.8) is 0 Å². The highest BCUT2D eigenvalue weighted by Crippen LogP contribution is 2.58.